The van der Waals surface area contributed by atoms with E-state index in [0.717, 1.165) is 11.3 Å². The summed E-state index contributed by atoms with van der Waals surface area (Å²) in [7, 11) is 0. The van der Waals surface area contributed by atoms with Gasteiger partial charge in [-0.2, -0.15) is 5.10 Å². The molecule has 0 saturated heterocycles. The summed E-state index contributed by atoms with van der Waals surface area (Å²) in [5.74, 6) is -1.28. The Morgan fingerprint density at radius 1 is 1.07 bits per heavy atom. The van der Waals surface area contributed by atoms with Gasteiger partial charge in [-0.15, -0.1) is 0 Å². The fraction of sp³-hybridized carbons (Fsp3) is 0.100. The third kappa shape index (κ3) is 4.46. The molecule has 3 heterocycles. The summed E-state index contributed by atoms with van der Waals surface area (Å²) in [5.41, 5.74) is 2.47. The summed E-state index contributed by atoms with van der Waals surface area (Å²) < 4.78 is 16.5. The molecule has 8 nitrogen and oxygen atoms in total. The second kappa shape index (κ2) is 7.93. The van der Waals surface area contributed by atoms with Gasteiger partial charge in [-0.05, 0) is 36.4 Å². The Balaban J connectivity index is 1.30. The number of hydrogen-bond donors (Lipinski definition) is 2. The number of hydrogen-bond acceptors (Lipinski definition) is 4. The van der Waals surface area contributed by atoms with Crippen molar-refractivity contribution in [3.63, 3.8) is 0 Å². The average molecular weight is 392 g/mol. The second-order valence-electron chi connectivity index (χ2n) is 6.36. The normalized spacial score (nSPS) is 10.8. The smallest absolute Gasteiger partial charge is 0.251 e. The van der Waals surface area contributed by atoms with Gasteiger partial charge in [0.2, 0.25) is 5.91 Å². The van der Waals surface area contributed by atoms with Crippen molar-refractivity contribution in [2.24, 2.45) is 0 Å². The van der Waals surface area contributed by atoms with Gasteiger partial charge in [0.25, 0.3) is 5.91 Å². The number of pyridine rings is 1. The van der Waals surface area contributed by atoms with E-state index in [2.05, 4.69) is 20.7 Å². The molecule has 0 aliphatic rings. The van der Waals surface area contributed by atoms with E-state index >= 15 is 0 Å². The van der Waals surface area contributed by atoms with E-state index in [4.69, 9.17) is 0 Å². The molecule has 0 radical (unpaired) electrons. The standard InChI is InChI=1S/C20H17FN6O2/c21-15-6-4-14(5-7-15)20(29)22-10-19(28)25-16-9-23-27(12-16)13-17-11-26-8-2-1-3-18(26)24-17/h1-9,11-12H,10,13H2,(H,22,29)(H,25,28). The number of halogens is 1. The van der Waals surface area contributed by atoms with E-state index in [1.54, 1.807) is 10.9 Å². The van der Waals surface area contributed by atoms with Crippen molar-refractivity contribution >= 4 is 23.1 Å². The molecule has 0 unspecified atom stereocenters. The molecule has 0 atom stereocenters. The molecule has 3 aromatic heterocycles. The van der Waals surface area contributed by atoms with Crippen molar-refractivity contribution in [3.05, 3.63) is 84.3 Å². The van der Waals surface area contributed by atoms with Gasteiger partial charge in [0, 0.05) is 24.2 Å². The van der Waals surface area contributed by atoms with Crippen LogP contribution in [0.4, 0.5) is 10.1 Å². The number of carbonyl (C=O) groups is 2. The number of aromatic nitrogens is 4. The number of fused-ring (bicyclic) bond motifs is 1. The third-order valence-electron chi connectivity index (χ3n) is 4.17. The van der Waals surface area contributed by atoms with Crippen molar-refractivity contribution < 1.29 is 14.0 Å². The molecule has 0 spiro atoms. The highest BCUT2D eigenvalue weighted by Crippen LogP contribution is 2.09. The molecular formula is C20H17FN6O2. The van der Waals surface area contributed by atoms with Crippen molar-refractivity contribution in [1.29, 1.82) is 0 Å². The minimum atomic E-state index is -0.456. The highest BCUT2D eigenvalue weighted by atomic mass is 19.1. The molecular weight excluding hydrogens is 375 g/mol. The fourth-order valence-corrected chi connectivity index (χ4v) is 2.81. The number of imidazole rings is 1. The molecule has 0 aliphatic carbocycles. The van der Waals surface area contributed by atoms with Gasteiger partial charge >= 0.3 is 0 Å². The van der Waals surface area contributed by atoms with E-state index in [9.17, 15) is 14.0 Å². The second-order valence-corrected chi connectivity index (χ2v) is 6.36. The molecule has 0 saturated carbocycles. The maximum Gasteiger partial charge on any atom is 0.251 e. The quantitative estimate of drug-likeness (QED) is 0.525. The first kappa shape index (κ1) is 18.4. The van der Waals surface area contributed by atoms with Crippen LogP contribution in [0.1, 0.15) is 16.1 Å². The lowest BCUT2D eigenvalue weighted by Crippen LogP contribution is -2.32. The van der Waals surface area contributed by atoms with Gasteiger partial charge in [0.05, 0.1) is 30.7 Å². The van der Waals surface area contributed by atoms with Gasteiger partial charge < -0.3 is 15.0 Å². The molecule has 9 heteroatoms. The Morgan fingerprint density at radius 2 is 1.90 bits per heavy atom. The van der Waals surface area contributed by atoms with Crippen LogP contribution in [-0.2, 0) is 11.3 Å². The van der Waals surface area contributed by atoms with Crippen molar-refractivity contribution in [1.82, 2.24) is 24.5 Å². The lowest BCUT2D eigenvalue weighted by molar-refractivity contribution is -0.115. The lowest BCUT2D eigenvalue weighted by Gasteiger charge is -2.05. The highest BCUT2D eigenvalue weighted by Gasteiger charge is 2.10. The Kier molecular flexibility index (Phi) is 5.02. The predicted molar refractivity (Wildman–Crippen MR) is 104 cm³/mol. The molecule has 0 bridgehead atoms. The largest absolute Gasteiger partial charge is 0.343 e. The first-order valence-electron chi connectivity index (χ1n) is 8.85. The summed E-state index contributed by atoms with van der Waals surface area (Å²) in [6.45, 7) is 0.243. The maximum atomic E-state index is 12.9. The van der Waals surface area contributed by atoms with Gasteiger partial charge in [-0.3, -0.25) is 14.3 Å². The number of carbonyl (C=O) groups excluding carboxylic acids is 2. The van der Waals surface area contributed by atoms with Crippen LogP contribution in [0.25, 0.3) is 5.65 Å². The van der Waals surface area contributed by atoms with Crippen LogP contribution in [-0.4, -0.2) is 37.5 Å². The number of benzene rings is 1. The SMILES string of the molecule is O=C(CNC(=O)c1ccc(F)cc1)Nc1cnn(Cc2cn3ccccc3n2)c1. The minimum absolute atomic E-state index is 0.214. The van der Waals surface area contributed by atoms with Crippen LogP contribution in [0.3, 0.4) is 0 Å². The van der Waals surface area contributed by atoms with Crippen LogP contribution in [0.5, 0.6) is 0 Å². The zero-order valence-electron chi connectivity index (χ0n) is 15.2. The van der Waals surface area contributed by atoms with E-state index in [0.29, 0.717) is 12.2 Å². The Hall–Kier alpha value is -4.01. The van der Waals surface area contributed by atoms with Crippen LogP contribution in [0, 0.1) is 5.82 Å². The molecule has 146 valence electrons. The molecule has 4 rings (SSSR count). The first-order valence-corrected chi connectivity index (χ1v) is 8.85. The number of anilines is 1. The van der Waals surface area contributed by atoms with Crippen molar-refractivity contribution in [3.8, 4) is 0 Å². The summed E-state index contributed by atoms with van der Waals surface area (Å²) in [4.78, 5) is 28.5. The lowest BCUT2D eigenvalue weighted by atomic mass is 10.2. The van der Waals surface area contributed by atoms with Crippen molar-refractivity contribution in [2.45, 2.75) is 6.54 Å². The van der Waals surface area contributed by atoms with E-state index in [-0.39, 0.29) is 12.1 Å². The molecule has 2 N–H and O–H groups in total. The van der Waals surface area contributed by atoms with E-state index in [1.807, 2.05) is 35.0 Å². The molecule has 4 aromatic rings. The first-order chi connectivity index (χ1) is 14.1. The van der Waals surface area contributed by atoms with Gasteiger partial charge in [-0.25, -0.2) is 9.37 Å². The monoisotopic (exact) mass is 392 g/mol. The summed E-state index contributed by atoms with van der Waals surface area (Å²) >= 11 is 0. The number of rotatable bonds is 6. The van der Waals surface area contributed by atoms with E-state index in [1.165, 1.54) is 30.5 Å². The minimum Gasteiger partial charge on any atom is -0.343 e. The van der Waals surface area contributed by atoms with Crippen LogP contribution in [0.2, 0.25) is 0 Å². The van der Waals surface area contributed by atoms with Crippen LogP contribution in [0.15, 0.2) is 67.3 Å². The zero-order chi connectivity index (χ0) is 20.2. The van der Waals surface area contributed by atoms with Gasteiger partial charge in [0.15, 0.2) is 0 Å². The van der Waals surface area contributed by atoms with E-state index < -0.39 is 17.6 Å². The van der Waals surface area contributed by atoms with Crippen molar-refractivity contribution in [2.75, 3.05) is 11.9 Å². The topological polar surface area (TPSA) is 93.3 Å². The van der Waals surface area contributed by atoms with Gasteiger partial charge in [-0.1, -0.05) is 6.07 Å². The molecule has 0 fully saturated rings. The number of amides is 2. The zero-order valence-corrected chi connectivity index (χ0v) is 15.2. The Labute approximate surface area is 165 Å². The number of nitrogens with one attached hydrogen (secondary N) is 2. The fourth-order valence-electron chi connectivity index (χ4n) is 2.81. The third-order valence-corrected chi connectivity index (χ3v) is 4.17. The summed E-state index contributed by atoms with van der Waals surface area (Å²) in [5, 5.41) is 9.37. The number of nitrogens with zero attached hydrogens (tertiary/aromatic N) is 4. The maximum absolute atomic E-state index is 12.9. The van der Waals surface area contributed by atoms with Gasteiger partial charge in [0.1, 0.15) is 11.5 Å². The highest BCUT2D eigenvalue weighted by molar-refractivity contribution is 5.99. The molecule has 1 aromatic carbocycles. The Bertz CT molecular complexity index is 1130. The summed E-state index contributed by atoms with van der Waals surface area (Å²) in [6.07, 6.45) is 7.04. The average Bonchev–Trinajstić information content (AvgIpc) is 3.32. The predicted octanol–water partition coefficient (Wildman–Crippen LogP) is 2.09. The molecule has 2 amide bonds. The summed E-state index contributed by atoms with van der Waals surface area (Å²) in [6, 6.07) is 10.8. The van der Waals surface area contributed by atoms with Crippen LogP contribution < -0.4 is 10.6 Å². The Morgan fingerprint density at radius 3 is 2.69 bits per heavy atom. The molecule has 29 heavy (non-hydrogen) atoms. The molecule has 0 aliphatic heterocycles. The van der Waals surface area contributed by atoms with Crippen LogP contribution >= 0.6 is 0 Å².